The van der Waals surface area contributed by atoms with Crippen LogP contribution >= 0.6 is 0 Å². The van der Waals surface area contributed by atoms with E-state index >= 15 is 0 Å². The van der Waals surface area contributed by atoms with E-state index in [1.54, 1.807) is 49.5 Å². The molecule has 7 heteroatoms. The van der Waals surface area contributed by atoms with E-state index in [2.05, 4.69) is 10.6 Å². The lowest BCUT2D eigenvalue weighted by atomic mass is 10.2. The second-order valence-corrected chi connectivity index (χ2v) is 5.55. The molecule has 25 heavy (non-hydrogen) atoms. The number of aryl methyl sites for hydroxylation is 1. The lowest BCUT2D eigenvalue weighted by Gasteiger charge is -2.07. The summed E-state index contributed by atoms with van der Waals surface area (Å²) in [6, 6.07) is 14.0. The monoisotopic (exact) mass is 339 g/mol. The van der Waals surface area contributed by atoms with Gasteiger partial charge in [-0.3, -0.25) is 14.2 Å². The maximum absolute atomic E-state index is 11.9. The molecule has 1 heterocycles. The van der Waals surface area contributed by atoms with Gasteiger partial charge in [-0.25, -0.2) is 4.79 Å². The van der Waals surface area contributed by atoms with Crippen LogP contribution in [-0.4, -0.2) is 22.9 Å². The first kappa shape index (κ1) is 16.5. The lowest BCUT2D eigenvalue weighted by molar-refractivity contribution is -0.120. The van der Waals surface area contributed by atoms with Crippen LogP contribution in [0.2, 0.25) is 0 Å². The van der Waals surface area contributed by atoms with Gasteiger partial charge in [-0.2, -0.15) is 0 Å². The van der Waals surface area contributed by atoms with Crippen LogP contribution in [0.15, 0.2) is 57.7 Å². The first-order valence-corrected chi connectivity index (χ1v) is 7.73. The summed E-state index contributed by atoms with van der Waals surface area (Å²) in [5.74, 6) is -1.04. The van der Waals surface area contributed by atoms with E-state index < -0.39 is 5.76 Å². The van der Waals surface area contributed by atoms with E-state index in [1.807, 2.05) is 6.07 Å². The Labute approximate surface area is 143 Å². The minimum absolute atomic E-state index is 0.115. The minimum atomic E-state index is -0.431. The van der Waals surface area contributed by atoms with Gasteiger partial charge in [0.25, 0.3) is 5.91 Å². The van der Waals surface area contributed by atoms with Crippen molar-refractivity contribution in [3.8, 4) is 0 Å². The maximum Gasteiger partial charge on any atom is 0.419 e. The molecular weight excluding hydrogens is 322 g/mol. The zero-order valence-corrected chi connectivity index (χ0v) is 13.6. The first-order chi connectivity index (χ1) is 12.0. The number of amides is 2. The Morgan fingerprint density at radius 3 is 2.60 bits per heavy atom. The largest absolute Gasteiger partial charge is 0.419 e. The molecule has 2 amide bonds. The Morgan fingerprint density at radius 2 is 1.84 bits per heavy atom. The highest BCUT2D eigenvalue weighted by atomic mass is 16.4. The van der Waals surface area contributed by atoms with Gasteiger partial charge in [0.1, 0.15) is 0 Å². The molecule has 2 aromatic carbocycles. The highest BCUT2D eigenvalue weighted by Crippen LogP contribution is 2.14. The van der Waals surface area contributed by atoms with E-state index in [1.165, 1.54) is 4.57 Å². The van der Waals surface area contributed by atoms with Gasteiger partial charge < -0.3 is 15.1 Å². The van der Waals surface area contributed by atoms with Gasteiger partial charge in [-0.1, -0.05) is 24.3 Å². The topological polar surface area (TPSA) is 93.3 Å². The number of rotatable bonds is 5. The summed E-state index contributed by atoms with van der Waals surface area (Å²) >= 11 is 0. The number of aromatic nitrogens is 1. The average molecular weight is 339 g/mol. The highest BCUT2D eigenvalue weighted by molar-refractivity contribution is 5.96. The van der Waals surface area contributed by atoms with Gasteiger partial charge in [0.15, 0.2) is 5.58 Å². The fourth-order valence-electron chi connectivity index (χ4n) is 2.40. The molecule has 0 atom stereocenters. The Balaban J connectivity index is 1.54. The zero-order valence-electron chi connectivity index (χ0n) is 13.6. The number of nitrogens with zero attached hydrogens (tertiary/aromatic N) is 1. The molecule has 0 bridgehead atoms. The van der Waals surface area contributed by atoms with Gasteiger partial charge >= 0.3 is 5.76 Å². The normalized spacial score (nSPS) is 10.6. The number of carbonyl (C=O) groups excluding carboxylic acids is 2. The fourth-order valence-corrected chi connectivity index (χ4v) is 2.40. The number of fused-ring (bicyclic) bond motifs is 1. The number of benzene rings is 2. The van der Waals surface area contributed by atoms with Crippen LogP contribution in [0.25, 0.3) is 11.1 Å². The summed E-state index contributed by atoms with van der Waals surface area (Å²) < 4.78 is 6.53. The van der Waals surface area contributed by atoms with Crippen molar-refractivity contribution >= 4 is 22.9 Å². The van der Waals surface area contributed by atoms with Crippen molar-refractivity contribution in [2.24, 2.45) is 7.05 Å². The average Bonchev–Trinajstić information content (AvgIpc) is 2.92. The van der Waals surface area contributed by atoms with Crippen LogP contribution in [0.1, 0.15) is 15.9 Å². The van der Waals surface area contributed by atoms with Gasteiger partial charge in [-0.05, 0) is 29.8 Å². The van der Waals surface area contributed by atoms with Crippen LogP contribution in [-0.2, 0) is 18.4 Å². The number of hydrogen-bond acceptors (Lipinski definition) is 4. The van der Waals surface area contributed by atoms with Crippen molar-refractivity contribution in [2.45, 2.75) is 6.54 Å². The van der Waals surface area contributed by atoms with Crippen LogP contribution < -0.4 is 16.4 Å². The standard InChI is InChI=1S/C18H17N3O4/c1-21-14-8-7-12(9-15(14)25-18(21)24)10-19-16(22)11-20-17(23)13-5-3-2-4-6-13/h2-9H,10-11H2,1H3,(H,19,22)(H,20,23). The molecule has 2 N–H and O–H groups in total. The summed E-state index contributed by atoms with van der Waals surface area (Å²) in [6.07, 6.45) is 0. The highest BCUT2D eigenvalue weighted by Gasteiger charge is 2.09. The molecule has 0 saturated carbocycles. The lowest BCUT2D eigenvalue weighted by Crippen LogP contribution is -2.36. The SMILES string of the molecule is Cn1c(=O)oc2cc(CNC(=O)CNC(=O)c3ccccc3)ccc21. The van der Waals surface area contributed by atoms with Crippen LogP contribution in [0, 0.1) is 0 Å². The fraction of sp³-hybridized carbons (Fsp3) is 0.167. The molecular formula is C18H17N3O4. The number of carbonyl (C=O) groups is 2. The van der Waals surface area contributed by atoms with Crippen molar-refractivity contribution in [1.29, 1.82) is 0 Å². The van der Waals surface area contributed by atoms with E-state index in [9.17, 15) is 14.4 Å². The molecule has 0 aliphatic heterocycles. The first-order valence-electron chi connectivity index (χ1n) is 7.73. The van der Waals surface area contributed by atoms with E-state index in [4.69, 9.17) is 4.42 Å². The van der Waals surface area contributed by atoms with Gasteiger partial charge in [-0.15, -0.1) is 0 Å². The molecule has 3 rings (SSSR count). The Hall–Kier alpha value is -3.35. The second-order valence-electron chi connectivity index (χ2n) is 5.55. The van der Waals surface area contributed by atoms with Crippen LogP contribution in [0.3, 0.4) is 0 Å². The van der Waals surface area contributed by atoms with Crippen molar-refractivity contribution < 1.29 is 14.0 Å². The quantitative estimate of drug-likeness (QED) is 0.730. The third kappa shape index (κ3) is 3.77. The summed E-state index contributed by atoms with van der Waals surface area (Å²) in [7, 11) is 1.63. The molecule has 0 spiro atoms. The Morgan fingerprint density at radius 1 is 1.08 bits per heavy atom. The number of oxazole rings is 1. The molecule has 0 saturated heterocycles. The molecule has 0 unspecified atom stereocenters. The third-order valence-corrected chi connectivity index (χ3v) is 3.79. The summed E-state index contributed by atoms with van der Waals surface area (Å²) in [5, 5.41) is 5.27. The van der Waals surface area contributed by atoms with Gasteiger partial charge in [0.05, 0.1) is 12.1 Å². The van der Waals surface area contributed by atoms with Crippen molar-refractivity contribution in [3.05, 3.63) is 70.2 Å². The summed E-state index contributed by atoms with van der Waals surface area (Å²) in [5.41, 5.74) is 2.45. The molecule has 3 aromatic rings. The van der Waals surface area contributed by atoms with E-state index in [0.29, 0.717) is 16.7 Å². The van der Waals surface area contributed by atoms with Gasteiger partial charge in [0.2, 0.25) is 5.91 Å². The molecule has 0 aliphatic rings. The smallest absolute Gasteiger partial charge is 0.408 e. The summed E-state index contributed by atoms with van der Waals surface area (Å²) in [4.78, 5) is 35.2. The maximum atomic E-state index is 11.9. The second kappa shape index (κ2) is 7.04. The Kier molecular flexibility index (Phi) is 4.65. The molecule has 7 nitrogen and oxygen atoms in total. The third-order valence-electron chi connectivity index (χ3n) is 3.79. The van der Waals surface area contributed by atoms with Crippen molar-refractivity contribution in [1.82, 2.24) is 15.2 Å². The molecule has 0 radical (unpaired) electrons. The van der Waals surface area contributed by atoms with Crippen LogP contribution in [0.5, 0.6) is 0 Å². The Bertz CT molecular complexity index is 973. The predicted molar refractivity (Wildman–Crippen MR) is 92.1 cm³/mol. The van der Waals surface area contributed by atoms with Crippen molar-refractivity contribution in [2.75, 3.05) is 6.54 Å². The number of nitrogens with one attached hydrogen (secondary N) is 2. The minimum Gasteiger partial charge on any atom is -0.408 e. The molecule has 0 fully saturated rings. The molecule has 0 aliphatic carbocycles. The number of hydrogen-bond donors (Lipinski definition) is 2. The van der Waals surface area contributed by atoms with Crippen LogP contribution in [0.4, 0.5) is 0 Å². The zero-order chi connectivity index (χ0) is 17.8. The summed E-state index contributed by atoms with van der Waals surface area (Å²) in [6.45, 7) is 0.158. The molecule has 128 valence electrons. The van der Waals surface area contributed by atoms with E-state index in [-0.39, 0.29) is 24.9 Å². The molecule has 1 aromatic heterocycles. The van der Waals surface area contributed by atoms with Gasteiger partial charge in [0, 0.05) is 19.2 Å². The van der Waals surface area contributed by atoms with Crippen molar-refractivity contribution in [3.63, 3.8) is 0 Å². The van der Waals surface area contributed by atoms with E-state index in [0.717, 1.165) is 5.56 Å². The predicted octanol–water partition coefficient (Wildman–Crippen LogP) is 1.18.